The van der Waals surface area contributed by atoms with Crippen LogP contribution in [0, 0.1) is 5.92 Å². The fraction of sp³-hybridized carbons (Fsp3) is 0.500. The zero-order chi connectivity index (χ0) is 14.7. The van der Waals surface area contributed by atoms with Gasteiger partial charge in [-0.2, -0.15) is 4.99 Å². The van der Waals surface area contributed by atoms with Crippen LogP contribution in [0.25, 0.3) is 10.2 Å². The van der Waals surface area contributed by atoms with Gasteiger partial charge in [-0.25, -0.2) is 0 Å². The SMILES string of the molecule is CCCCc1ccc2c(c1)sc(=NC(=O)C(C)C)n2C. The zero-order valence-electron chi connectivity index (χ0n) is 12.6. The normalized spacial score (nSPS) is 12.6. The van der Waals surface area contributed by atoms with Crippen LogP contribution in [0.15, 0.2) is 23.2 Å². The first-order valence-corrected chi connectivity index (χ1v) is 8.01. The molecule has 2 rings (SSSR count). The van der Waals surface area contributed by atoms with E-state index >= 15 is 0 Å². The Hall–Kier alpha value is -1.42. The van der Waals surface area contributed by atoms with Gasteiger partial charge in [-0.05, 0) is 30.5 Å². The molecule has 3 nitrogen and oxygen atoms in total. The van der Waals surface area contributed by atoms with Gasteiger partial charge in [0.1, 0.15) is 0 Å². The average Bonchev–Trinajstić information content (AvgIpc) is 2.72. The molecular formula is C16H22N2OS. The Morgan fingerprint density at radius 2 is 2.15 bits per heavy atom. The number of nitrogens with zero attached hydrogens (tertiary/aromatic N) is 2. The van der Waals surface area contributed by atoms with E-state index < -0.39 is 0 Å². The molecule has 20 heavy (non-hydrogen) atoms. The van der Waals surface area contributed by atoms with E-state index in [1.54, 1.807) is 11.3 Å². The third kappa shape index (κ3) is 3.18. The van der Waals surface area contributed by atoms with Gasteiger partial charge in [0.05, 0.1) is 10.2 Å². The molecule has 108 valence electrons. The van der Waals surface area contributed by atoms with Crippen LogP contribution in [0.3, 0.4) is 0 Å². The molecule has 0 aliphatic heterocycles. The summed E-state index contributed by atoms with van der Waals surface area (Å²) in [5.41, 5.74) is 2.51. The average molecular weight is 290 g/mol. The highest BCUT2D eigenvalue weighted by Gasteiger charge is 2.08. The number of thiazole rings is 1. The first-order chi connectivity index (χ1) is 9.52. The second-order valence-electron chi connectivity index (χ2n) is 5.45. The molecule has 0 fully saturated rings. The topological polar surface area (TPSA) is 34.4 Å². The van der Waals surface area contributed by atoms with Gasteiger partial charge in [0.15, 0.2) is 4.80 Å². The first kappa shape index (κ1) is 15.0. The standard InChI is InChI=1S/C16H22N2OS/c1-5-6-7-12-8-9-13-14(10-12)20-16(18(13)4)17-15(19)11(2)3/h8-11H,5-7H2,1-4H3. The van der Waals surface area contributed by atoms with Crippen molar-refractivity contribution in [1.82, 2.24) is 4.57 Å². The summed E-state index contributed by atoms with van der Waals surface area (Å²) in [6, 6.07) is 6.54. The number of hydrogen-bond donors (Lipinski definition) is 0. The highest BCUT2D eigenvalue weighted by Crippen LogP contribution is 2.19. The second-order valence-corrected chi connectivity index (χ2v) is 6.46. The van der Waals surface area contributed by atoms with Crippen LogP contribution in [0.2, 0.25) is 0 Å². The molecule has 0 bridgehead atoms. The van der Waals surface area contributed by atoms with Gasteiger partial charge in [0.25, 0.3) is 5.91 Å². The Morgan fingerprint density at radius 3 is 2.80 bits per heavy atom. The van der Waals surface area contributed by atoms with E-state index in [0.717, 1.165) is 16.7 Å². The molecule has 0 aliphatic rings. The minimum atomic E-state index is -0.0571. The molecule has 0 saturated heterocycles. The predicted octanol–water partition coefficient (Wildman–Crippen LogP) is 3.67. The molecule has 1 aromatic carbocycles. The lowest BCUT2D eigenvalue weighted by atomic mass is 10.1. The van der Waals surface area contributed by atoms with E-state index in [-0.39, 0.29) is 11.8 Å². The van der Waals surface area contributed by atoms with Crippen LogP contribution in [-0.2, 0) is 18.3 Å². The summed E-state index contributed by atoms with van der Waals surface area (Å²) in [5.74, 6) is -0.112. The molecular weight excluding hydrogens is 268 g/mol. The van der Waals surface area contributed by atoms with Gasteiger partial charge in [-0.15, -0.1) is 0 Å². The molecule has 0 aliphatic carbocycles. The first-order valence-electron chi connectivity index (χ1n) is 7.20. The summed E-state index contributed by atoms with van der Waals surface area (Å²) in [6.45, 7) is 5.96. The maximum atomic E-state index is 11.8. The Morgan fingerprint density at radius 1 is 1.40 bits per heavy atom. The van der Waals surface area contributed by atoms with Gasteiger partial charge in [-0.3, -0.25) is 4.79 Å². The molecule has 0 saturated carbocycles. The number of aryl methyl sites for hydroxylation is 2. The molecule has 0 spiro atoms. The van der Waals surface area contributed by atoms with Crippen LogP contribution < -0.4 is 4.80 Å². The van der Waals surface area contributed by atoms with Gasteiger partial charge >= 0.3 is 0 Å². The Kier molecular flexibility index (Phi) is 4.76. The van der Waals surface area contributed by atoms with Crippen molar-refractivity contribution in [2.24, 2.45) is 18.0 Å². The maximum absolute atomic E-state index is 11.8. The quantitative estimate of drug-likeness (QED) is 0.846. The lowest BCUT2D eigenvalue weighted by Gasteiger charge is -2.00. The molecule has 1 aromatic heterocycles. The van der Waals surface area contributed by atoms with Crippen LogP contribution in [0.5, 0.6) is 0 Å². The molecule has 0 atom stereocenters. The minimum Gasteiger partial charge on any atom is -0.319 e. The Bertz CT molecular complexity index is 679. The summed E-state index contributed by atoms with van der Waals surface area (Å²) >= 11 is 1.59. The summed E-state index contributed by atoms with van der Waals surface area (Å²) in [5, 5.41) is 0. The van der Waals surface area contributed by atoms with E-state index in [1.165, 1.54) is 23.1 Å². The maximum Gasteiger partial charge on any atom is 0.250 e. The van der Waals surface area contributed by atoms with Crippen molar-refractivity contribution in [2.45, 2.75) is 40.0 Å². The van der Waals surface area contributed by atoms with Crippen molar-refractivity contribution < 1.29 is 4.79 Å². The Balaban J connectivity index is 2.44. The van der Waals surface area contributed by atoms with E-state index in [0.29, 0.717) is 0 Å². The fourth-order valence-electron chi connectivity index (χ4n) is 2.04. The number of fused-ring (bicyclic) bond motifs is 1. The number of hydrogen-bond acceptors (Lipinski definition) is 2. The monoisotopic (exact) mass is 290 g/mol. The molecule has 4 heteroatoms. The van der Waals surface area contributed by atoms with Crippen molar-refractivity contribution in [2.75, 3.05) is 0 Å². The van der Waals surface area contributed by atoms with Crippen molar-refractivity contribution in [3.63, 3.8) is 0 Å². The van der Waals surface area contributed by atoms with Gasteiger partial charge in [-0.1, -0.05) is 44.6 Å². The second kappa shape index (κ2) is 6.35. The number of carbonyl (C=O) groups is 1. The molecule has 0 unspecified atom stereocenters. The third-order valence-corrected chi connectivity index (χ3v) is 4.49. The molecule has 0 N–H and O–H groups in total. The van der Waals surface area contributed by atoms with Crippen LogP contribution in [0.4, 0.5) is 0 Å². The lowest BCUT2D eigenvalue weighted by Crippen LogP contribution is -2.15. The largest absolute Gasteiger partial charge is 0.319 e. The smallest absolute Gasteiger partial charge is 0.250 e. The summed E-state index contributed by atoms with van der Waals surface area (Å²) in [6.07, 6.45) is 3.54. The fourth-order valence-corrected chi connectivity index (χ4v) is 3.13. The van der Waals surface area contributed by atoms with E-state index in [4.69, 9.17) is 0 Å². The van der Waals surface area contributed by atoms with Crippen LogP contribution in [-0.4, -0.2) is 10.5 Å². The third-order valence-electron chi connectivity index (χ3n) is 3.39. The molecule has 1 heterocycles. The number of unbranched alkanes of at least 4 members (excludes halogenated alkanes) is 1. The van der Waals surface area contributed by atoms with Crippen LogP contribution in [0.1, 0.15) is 39.2 Å². The van der Waals surface area contributed by atoms with Crippen molar-refractivity contribution in [1.29, 1.82) is 0 Å². The number of amides is 1. The van der Waals surface area contributed by atoms with Crippen LogP contribution >= 0.6 is 11.3 Å². The summed E-state index contributed by atoms with van der Waals surface area (Å²) in [4.78, 5) is 16.8. The minimum absolute atomic E-state index is 0.0553. The lowest BCUT2D eigenvalue weighted by molar-refractivity contribution is -0.120. The van der Waals surface area contributed by atoms with Gasteiger partial charge in [0, 0.05) is 13.0 Å². The summed E-state index contributed by atoms with van der Waals surface area (Å²) in [7, 11) is 1.97. The number of rotatable bonds is 4. The van der Waals surface area contributed by atoms with Crippen molar-refractivity contribution >= 4 is 27.5 Å². The van der Waals surface area contributed by atoms with E-state index in [9.17, 15) is 4.79 Å². The number of carbonyl (C=O) groups excluding carboxylic acids is 1. The van der Waals surface area contributed by atoms with E-state index in [1.807, 2.05) is 25.5 Å². The zero-order valence-corrected chi connectivity index (χ0v) is 13.5. The molecule has 0 radical (unpaired) electrons. The van der Waals surface area contributed by atoms with Gasteiger partial charge in [0.2, 0.25) is 0 Å². The summed E-state index contributed by atoms with van der Waals surface area (Å²) < 4.78 is 3.21. The molecule has 2 aromatic rings. The highest BCUT2D eigenvalue weighted by atomic mass is 32.1. The number of benzene rings is 1. The number of aromatic nitrogens is 1. The predicted molar refractivity (Wildman–Crippen MR) is 84.8 cm³/mol. The van der Waals surface area contributed by atoms with Crippen molar-refractivity contribution in [3.05, 3.63) is 28.6 Å². The van der Waals surface area contributed by atoms with Gasteiger partial charge < -0.3 is 4.57 Å². The van der Waals surface area contributed by atoms with Crippen molar-refractivity contribution in [3.8, 4) is 0 Å². The highest BCUT2D eigenvalue weighted by molar-refractivity contribution is 7.16. The molecule has 1 amide bonds. The van der Waals surface area contributed by atoms with E-state index in [2.05, 4.69) is 30.1 Å². The Labute approximate surface area is 124 Å².